The van der Waals surface area contributed by atoms with E-state index < -0.39 is 0 Å². The van der Waals surface area contributed by atoms with Crippen LogP contribution in [-0.4, -0.2) is 37.2 Å². The summed E-state index contributed by atoms with van der Waals surface area (Å²) in [6, 6.07) is 25.8. The van der Waals surface area contributed by atoms with Crippen LogP contribution in [-0.2, 0) is 17.6 Å². The largest absolute Gasteiger partial charge is 0.360 e. The van der Waals surface area contributed by atoms with Crippen LogP contribution < -0.4 is 0 Å². The van der Waals surface area contributed by atoms with Gasteiger partial charge in [0.15, 0.2) is 0 Å². The van der Waals surface area contributed by atoms with Gasteiger partial charge in [0.1, 0.15) is 12.1 Å². The Morgan fingerprint density at radius 1 is 1.00 bits per heavy atom. The number of aryl methyl sites for hydroxylation is 2. The van der Waals surface area contributed by atoms with E-state index in [2.05, 4.69) is 77.7 Å². The fourth-order valence-electron chi connectivity index (χ4n) is 4.12. The third-order valence-corrected chi connectivity index (χ3v) is 5.56. The molecule has 0 aliphatic carbocycles. The predicted octanol–water partition coefficient (Wildman–Crippen LogP) is 4.57. The second kappa shape index (κ2) is 8.89. The fourth-order valence-corrected chi connectivity index (χ4v) is 4.12. The molecule has 3 aromatic carbocycles. The van der Waals surface area contributed by atoms with Crippen molar-refractivity contribution in [2.45, 2.75) is 25.5 Å². The summed E-state index contributed by atoms with van der Waals surface area (Å²) in [7, 11) is 1.66. The average molecular weight is 383 g/mol. The molecule has 4 nitrogen and oxygen atoms in total. The molecule has 0 aromatic heterocycles. The Labute approximate surface area is 172 Å². The number of nitrogens with zero attached hydrogens (tertiary/aromatic N) is 3. The Kier molecular flexibility index (Phi) is 5.88. The zero-order valence-electron chi connectivity index (χ0n) is 16.7. The summed E-state index contributed by atoms with van der Waals surface area (Å²) in [4.78, 5) is 6.88. The Bertz CT molecular complexity index is 1060. The molecule has 0 radical (unpaired) electrons. The Hall–Kier alpha value is -3.16. The number of ether oxygens (including phenoxy) is 1. The van der Waals surface area contributed by atoms with Gasteiger partial charge in [-0.05, 0) is 34.7 Å². The van der Waals surface area contributed by atoms with E-state index in [-0.39, 0.29) is 6.23 Å². The number of hydrogen-bond donors (Lipinski definition) is 0. The van der Waals surface area contributed by atoms with Crippen LogP contribution in [0.5, 0.6) is 0 Å². The van der Waals surface area contributed by atoms with Crippen molar-refractivity contribution in [1.82, 2.24) is 4.90 Å². The summed E-state index contributed by atoms with van der Waals surface area (Å²) in [5.41, 5.74) is 3.78. The lowest BCUT2D eigenvalue weighted by Gasteiger charge is -2.28. The van der Waals surface area contributed by atoms with E-state index in [1.807, 2.05) is 0 Å². The van der Waals surface area contributed by atoms with Crippen LogP contribution in [0.1, 0.15) is 23.1 Å². The van der Waals surface area contributed by atoms with Crippen LogP contribution in [0.15, 0.2) is 71.7 Å². The van der Waals surface area contributed by atoms with Gasteiger partial charge in [-0.2, -0.15) is 5.26 Å². The van der Waals surface area contributed by atoms with Gasteiger partial charge in [0.2, 0.25) is 0 Å². The molecule has 0 fully saturated rings. The maximum absolute atomic E-state index is 9.14. The minimum Gasteiger partial charge on any atom is -0.360 e. The van der Waals surface area contributed by atoms with Gasteiger partial charge < -0.3 is 9.64 Å². The molecule has 4 heteroatoms. The van der Waals surface area contributed by atoms with Gasteiger partial charge >= 0.3 is 0 Å². The van der Waals surface area contributed by atoms with Gasteiger partial charge in [-0.1, -0.05) is 66.7 Å². The number of rotatable bonds is 7. The molecule has 1 unspecified atom stereocenters. The van der Waals surface area contributed by atoms with E-state index in [0.29, 0.717) is 6.42 Å². The van der Waals surface area contributed by atoms with Crippen molar-refractivity contribution in [3.63, 3.8) is 0 Å². The van der Waals surface area contributed by atoms with Gasteiger partial charge in [0, 0.05) is 19.2 Å². The van der Waals surface area contributed by atoms with Gasteiger partial charge in [0.25, 0.3) is 0 Å². The second-order valence-corrected chi connectivity index (χ2v) is 7.25. The quantitative estimate of drug-likeness (QED) is 0.600. The Morgan fingerprint density at radius 3 is 2.59 bits per heavy atom. The first kappa shape index (κ1) is 19.2. The van der Waals surface area contributed by atoms with Crippen molar-refractivity contribution < 1.29 is 4.74 Å². The molecule has 1 aliphatic heterocycles. The van der Waals surface area contributed by atoms with Crippen LogP contribution >= 0.6 is 0 Å². The minimum absolute atomic E-state index is 0.257. The highest BCUT2D eigenvalue weighted by atomic mass is 16.5. The van der Waals surface area contributed by atoms with Crippen molar-refractivity contribution in [2.24, 2.45) is 4.99 Å². The van der Waals surface area contributed by atoms with Crippen LogP contribution in [0.2, 0.25) is 0 Å². The molecule has 0 spiro atoms. The summed E-state index contributed by atoms with van der Waals surface area (Å²) in [6.07, 6.45) is 1.98. The number of nitriles is 1. The first-order chi connectivity index (χ1) is 14.3. The van der Waals surface area contributed by atoms with Gasteiger partial charge in [-0.25, -0.2) is 0 Å². The monoisotopic (exact) mass is 383 g/mol. The maximum Gasteiger partial charge on any atom is 0.144 e. The molecule has 0 amide bonds. The van der Waals surface area contributed by atoms with Crippen molar-refractivity contribution >= 4 is 16.6 Å². The highest BCUT2D eigenvalue weighted by Gasteiger charge is 2.27. The van der Waals surface area contributed by atoms with Gasteiger partial charge in [-0.15, -0.1) is 0 Å². The zero-order valence-corrected chi connectivity index (χ0v) is 16.7. The zero-order chi connectivity index (χ0) is 20.1. The van der Waals surface area contributed by atoms with E-state index in [9.17, 15) is 0 Å². The number of methoxy groups -OCH3 is 1. The molecule has 3 aromatic rings. The molecular formula is C25H25N3O. The first-order valence-electron chi connectivity index (χ1n) is 10.1. The normalized spacial score (nSPS) is 14.6. The maximum atomic E-state index is 9.14. The Morgan fingerprint density at radius 2 is 1.72 bits per heavy atom. The van der Waals surface area contributed by atoms with Crippen LogP contribution in [0, 0.1) is 11.3 Å². The van der Waals surface area contributed by atoms with E-state index in [4.69, 9.17) is 15.0 Å². The number of hydrogen-bond acceptors (Lipinski definition) is 4. The van der Waals surface area contributed by atoms with Crippen molar-refractivity contribution in [3.05, 3.63) is 83.4 Å². The number of aliphatic imine (C=N–C) groups is 1. The number of fused-ring (bicyclic) bond motifs is 1. The number of amidine groups is 1. The van der Waals surface area contributed by atoms with Crippen LogP contribution in [0.4, 0.5) is 0 Å². The van der Waals surface area contributed by atoms with Crippen molar-refractivity contribution in [1.29, 1.82) is 5.26 Å². The lowest BCUT2D eigenvalue weighted by molar-refractivity contribution is 0.0169. The van der Waals surface area contributed by atoms with E-state index >= 15 is 0 Å². The molecule has 0 saturated heterocycles. The smallest absolute Gasteiger partial charge is 0.144 e. The SMILES string of the molecule is COC(CC#N)N1CCN=C1c1ccccc1CCc1cccc2ccccc12. The third kappa shape index (κ3) is 4.01. The molecule has 1 heterocycles. The standard InChI is InChI=1S/C25H25N3O/c1-29-24(15-16-26)28-18-17-27-25(28)23-12-5-3-8-21(23)14-13-20-10-6-9-19-7-2-4-11-22(19)20/h2-12,24H,13-15,17-18H2,1H3. The predicted molar refractivity (Wildman–Crippen MR) is 117 cm³/mol. The van der Waals surface area contributed by atoms with Gasteiger partial charge in [-0.3, -0.25) is 4.99 Å². The summed E-state index contributed by atoms with van der Waals surface area (Å²) in [6.45, 7) is 1.52. The lowest BCUT2D eigenvalue weighted by atomic mass is 9.96. The molecule has 146 valence electrons. The molecule has 0 N–H and O–H groups in total. The molecule has 29 heavy (non-hydrogen) atoms. The third-order valence-electron chi connectivity index (χ3n) is 5.56. The molecule has 0 bridgehead atoms. The average Bonchev–Trinajstić information content (AvgIpc) is 3.25. The summed E-state index contributed by atoms with van der Waals surface area (Å²) in [5.74, 6) is 0.945. The highest BCUT2D eigenvalue weighted by molar-refractivity contribution is 6.01. The molecule has 1 atom stereocenters. The molecule has 4 rings (SSSR count). The first-order valence-corrected chi connectivity index (χ1v) is 10.1. The minimum atomic E-state index is -0.257. The number of benzene rings is 3. The van der Waals surface area contributed by atoms with Gasteiger partial charge in [0.05, 0.1) is 19.0 Å². The van der Waals surface area contributed by atoms with Crippen molar-refractivity contribution in [3.8, 4) is 6.07 Å². The lowest BCUT2D eigenvalue weighted by Crippen LogP contribution is -2.40. The van der Waals surface area contributed by atoms with E-state index in [1.54, 1.807) is 7.11 Å². The molecule has 0 saturated carbocycles. The summed E-state index contributed by atoms with van der Waals surface area (Å²) in [5, 5.41) is 11.7. The Balaban J connectivity index is 1.60. The van der Waals surface area contributed by atoms with Crippen LogP contribution in [0.25, 0.3) is 10.8 Å². The topological polar surface area (TPSA) is 48.6 Å². The van der Waals surface area contributed by atoms with E-state index in [1.165, 1.54) is 21.9 Å². The van der Waals surface area contributed by atoms with Crippen LogP contribution in [0.3, 0.4) is 0 Å². The second-order valence-electron chi connectivity index (χ2n) is 7.25. The van der Waals surface area contributed by atoms with E-state index in [0.717, 1.165) is 37.3 Å². The molecular weight excluding hydrogens is 358 g/mol. The summed E-state index contributed by atoms with van der Waals surface area (Å²) < 4.78 is 5.57. The fraction of sp³-hybridized carbons (Fsp3) is 0.280. The van der Waals surface area contributed by atoms with Crippen molar-refractivity contribution in [2.75, 3.05) is 20.2 Å². The molecule has 1 aliphatic rings. The highest BCUT2D eigenvalue weighted by Crippen LogP contribution is 2.23. The summed E-state index contributed by atoms with van der Waals surface area (Å²) >= 11 is 0.